The molecule has 0 aromatic carbocycles. The third kappa shape index (κ3) is 4.82. The second-order valence-corrected chi connectivity index (χ2v) is 8.36. The van der Waals surface area contributed by atoms with Gasteiger partial charge in [0.05, 0.1) is 29.0 Å². The van der Waals surface area contributed by atoms with Crippen LogP contribution in [-0.2, 0) is 4.79 Å². The highest BCUT2D eigenvalue weighted by molar-refractivity contribution is 5.82. The van der Waals surface area contributed by atoms with Gasteiger partial charge in [-0.25, -0.2) is 4.98 Å². The number of carbonyl (C=O) groups is 1. The maximum atomic E-state index is 11.3. The van der Waals surface area contributed by atoms with Crippen LogP contribution in [0.5, 0.6) is 0 Å². The predicted molar refractivity (Wildman–Crippen MR) is 133 cm³/mol. The molecule has 33 heavy (non-hydrogen) atoms. The van der Waals surface area contributed by atoms with Crippen LogP contribution in [0.3, 0.4) is 0 Å². The molecule has 1 fully saturated rings. The number of nitrogens with zero attached hydrogens (tertiary/aromatic N) is 5. The van der Waals surface area contributed by atoms with Crippen molar-refractivity contribution in [2.24, 2.45) is 4.99 Å². The summed E-state index contributed by atoms with van der Waals surface area (Å²) in [6.45, 7) is 10.4. The molecule has 1 N–H and O–H groups in total. The fourth-order valence-electron chi connectivity index (χ4n) is 3.94. The van der Waals surface area contributed by atoms with Crippen molar-refractivity contribution in [2.45, 2.75) is 39.7 Å². The van der Waals surface area contributed by atoms with Gasteiger partial charge < -0.3 is 9.88 Å². The first kappa shape index (κ1) is 22.3. The highest BCUT2D eigenvalue weighted by Gasteiger charge is 2.27. The first-order valence-electron chi connectivity index (χ1n) is 11.0. The number of carbonyl (C=O) groups excluding carboxylic acids is 1. The molecule has 0 aliphatic carbocycles. The summed E-state index contributed by atoms with van der Waals surface area (Å²) in [6, 6.07) is 4.08. The van der Waals surface area contributed by atoms with E-state index in [0.29, 0.717) is 0 Å². The maximum Gasteiger partial charge on any atom is 0.210 e. The zero-order valence-corrected chi connectivity index (χ0v) is 19.2. The Balaban J connectivity index is 1.57. The van der Waals surface area contributed by atoms with Gasteiger partial charge in [-0.1, -0.05) is 12.2 Å². The summed E-state index contributed by atoms with van der Waals surface area (Å²) < 4.78 is 0. The largest absolute Gasteiger partial charge is 0.340 e. The molecule has 3 aromatic heterocycles. The van der Waals surface area contributed by atoms with Gasteiger partial charge in [0.15, 0.2) is 0 Å². The Hall–Kier alpha value is -3.87. The zero-order valence-electron chi connectivity index (χ0n) is 19.2. The number of aromatic nitrogens is 4. The second-order valence-electron chi connectivity index (χ2n) is 8.36. The molecular formula is C26H28N6O. The summed E-state index contributed by atoms with van der Waals surface area (Å²) in [5.74, 6) is 0.816. The number of imidazole rings is 1. The van der Waals surface area contributed by atoms with Crippen molar-refractivity contribution in [3.8, 4) is 11.3 Å². The summed E-state index contributed by atoms with van der Waals surface area (Å²) in [5, 5.41) is 0. The van der Waals surface area contributed by atoms with E-state index < -0.39 is 0 Å². The molecule has 1 unspecified atom stereocenters. The molecule has 4 heterocycles. The third-order valence-electron chi connectivity index (χ3n) is 6.13. The van der Waals surface area contributed by atoms with Gasteiger partial charge in [-0.3, -0.25) is 19.8 Å². The van der Waals surface area contributed by atoms with Crippen molar-refractivity contribution in [2.75, 3.05) is 6.54 Å². The lowest BCUT2D eigenvalue weighted by atomic mass is 10.1. The van der Waals surface area contributed by atoms with Gasteiger partial charge in [0, 0.05) is 30.7 Å². The van der Waals surface area contributed by atoms with E-state index >= 15 is 0 Å². The minimum Gasteiger partial charge on any atom is -0.340 e. The van der Waals surface area contributed by atoms with Crippen LogP contribution < -0.4 is 0 Å². The van der Waals surface area contributed by atoms with Crippen molar-refractivity contribution in [3.05, 3.63) is 71.6 Å². The fraction of sp³-hybridized carbons (Fsp3) is 0.269. The van der Waals surface area contributed by atoms with Crippen LogP contribution in [0.15, 0.2) is 65.2 Å². The number of allylic oxidation sites excluding steroid dienone is 5. The number of aliphatic imine (C=N–C) groups is 1. The molecule has 3 aromatic rings. The number of rotatable bonds is 7. The SMILES string of the molecule is C=N/C=C(C)/C(C)=C/C=C(\C)c1cnc2cc(-c3cnc(C4CCCN4C=O)[nH]3)cnc2c1. The topological polar surface area (TPSA) is 87.1 Å². The summed E-state index contributed by atoms with van der Waals surface area (Å²) in [4.78, 5) is 34.1. The quantitative estimate of drug-likeness (QED) is 0.308. The normalized spacial score (nSPS) is 17.6. The Morgan fingerprint density at radius 2 is 1.88 bits per heavy atom. The first-order valence-corrected chi connectivity index (χ1v) is 11.0. The molecule has 0 spiro atoms. The van der Waals surface area contributed by atoms with Crippen LogP contribution in [0.2, 0.25) is 0 Å². The van der Waals surface area contributed by atoms with E-state index in [0.717, 1.165) is 76.2 Å². The molecule has 1 saturated heterocycles. The summed E-state index contributed by atoms with van der Waals surface area (Å²) >= 11 is 0. The predicted octanol–water partition coefficient (Wildman–Crippen LogP) is 5.27. The van der Waals surface area contributed by atoms with Gasteiger partial charge in [-0.2, -0.15) is 0 Å². The van der Waals surface area contributed by atoms with E-state index in [9.17, 15) is 4.79 Å². The van der Waals surface area contributed by atoms with Crippen molar-refractivity contribution in [1.82, 2.24) is 24.8 Å². The minimum atomic E-state index is 0.0186. The number of likely N-dealkylation sites (tertiary alicyclic amines) is 1. The summed E-state index contributed by atoms with van der Waals surface area (Å²) in [6.07, 6.45) is 14.2. The van der Waals surface area contributed by atoms with E-state index in [1.54, 1.807) is 17.3 Å². The molecule has 7 nitrogen and oxygen atoms in total. The number of hydrogen-bond acceptors (Lipinski definition) is 5. The number of H-pyrrole nitrogens is 1. The molecule has 1 atom stereocenters. The zero-order chi connectivity index (χ0) is 23.4. The van der Waals surface area contributed by atoms with Crippen LogP contribution in [0.25, 0.3) is 27.9 Å². The lowest BCUT2D eigenvalue weighted by molar-refractivity contribution is -0.119. The van der Waals surface area contributed by atoms with Crippen molar-refractivity contribution in [3.63, 3.8) is 0 Å². The molecule has 7 heteroatoms. The molecule has 0 radical (unpaired) electrons. The van der Waals surface area contributed by atoms with Gasteiger partial charge in [-0.15, -0.1) is 0 Å². The van der Waals surface area contributed by atoms with Crippen LogP contribution in [0.1, 0.15) is 51.0 Å². The van der Waals surface area contributed by atoms with Gasteiger partial charge in [0.1, 0.15) is 5.82 Å². The van der Waals surface area contributed by atoms with Gasteiger partial charge >= 0.3 is 0 Å². The van der Waals surface area contributed by atoms with Gasteiger partial charge in [0.25, 0.3) is 0 Å². The Kier molecular flexibility index (Phi) is 6.58. The Morgan fingerprint density at radius 1 is 1.09 bits per heavy atom. The first-order chi connectivity index (χ1) is 16.0. The van der Waals surface area contributed by atoms with Gasteiger partial charge in [0.2, 0.25) is 6.41 Å². The average Bonchev–Trinajstić information content (AvgIpc) is 3.51. The molecule has 0 bridgehead atoms. The third-order valence-corrected chi connectivity index (χ3v) is 6.13. The number of nitrogens with one attached hydrogen (secondary N) is 1. The standard InChI is InChI=1S/C26H28N6O/c1-17(19(3)12-27-4)7-8-18(2)20-10-22-23(28-13-20)11-21(14-29-22)24-15-30-26(31-24)25-6-5-9-32(25)16-33/h7-8,10-16,25H,4-6,9H2,1-3H3,(H,30,31)/b17-7+,18-8+,19-12+. The molecule has 1 aliphatic heterocycles. The number of fused-ring (bicyclic) bond motifs is 1. The van der Waals surface area contributed by atoms with Crippen LogP contribution in [0, 0.1) is 0 Å². The second kappa shape index (κ2) is 9.73. The van der Waals surface area contributed by atoms with Gasteiger partial charge in [-0.05, 0) is 74.7 Å². The summed E-state index contributed by atoms with van der Waals surface area (Å²) in [7, 11) is 0. The van der Waals surface area contributed by atoms with E-state index in [4.69, 9.17) is 0 Å². The Bertz CT molecular complexity index is 1280. The molecular weight excluding hydrogens is 412 g/mol. The van der Waals surface area contributed by atoms with Crippen molar-refractivity contribution >= 4 is 29.7 Å². The Labute approximate surface area is 193 Å². The maximum absolute atomic E-state index is 11.3. The van der Waals surface area contributed by atoms with Crippen LogP contribution in [0.4, 0.5) is 0 Å². The van der Waals surface area contributed by atoms with Crippen molar-refractivity contribution in [1.29, 1.82) is 0 Å². The molecule has 1 amide bonds. The van der Waals surface area contributed by atoms with E-state index in [1.807, 2.05) is 38.4 Å². The number of pyridine rings is 2. The number of amides is 1. The smallest absolute Gasteiger partial charge is 0.210 e. The molecule has 1 aliphatic rings. The van der Waals surface area contributed by atoms with E-state index in [2.05, 4.69) is 50.7 Å². The van der Waals surface area contributed by atoms with E-state index in [1.165, 1.54) is 0 Å². The lowest BCUT2D eigenvalue weighted by Crippen LogP contribution is -2.21. The molecule has 0 saturated carbocycles. The highest BCUT2D eigenvalue weighted by atomic mass is 16.1. The average molecular weight is 441 g/mol. The Morgan fingerprint density at radius 3 is 2.67 bits per heavy atom. The highest BCUT2D eigenvalue weighted by Crippen LogP contribution is 2.30. The number of hydrogen-bond donors (Lipinski definition) is 1. The molecule has 4 rings (SSSR count). The summed E-state index contributed by atoms with van der Waals surface area (Å²) in [5.41, 5.74) is 7.77. The van der Waals surface area contributed by atoms with Crippen LogP contribution >= 0.6 is 0 Å². The van der Waals surface area contributed by atoms with Crippen molar-refractivity contribution < 1.29 is 4.79 Å². The monoisotopic (exact) mass is 440 g/mol. The number of aromatic amines is 1. The molecule has 168 valence electrons. The minimum absolute atomic E-state index is 0.0186. The van der Waals surface area contributed by atoms with Crippen LogP contribution in [-0.4, -0.2) is 44.5 Å². The lowest BCUT2D eigenvalue weighted by Gasteiger charge is -2.17. The fourth-order valence-corrected chi connectivity index (χ4v) is 3.94. The van der Waals surface area contributed by atoms with E-state index in [-0.39, 0.29) is 6.04 Å².